The number of aromatic amines is 2. The number of nitrogens with zero attached hydrogens (tertiary/aromatic N) is 5. The monoisotopic (exact) mass is 404 g/mol. The quantitative estimate of drug-likeness (QED) is 0.406. The van der Waals surface area contributed by atoms with Crippen molar-refractivity contribution in [3.8, 4) is 33.8 Å². The predicted molar refractivity (Wildman–Crippen MR) is 120 cm³/mol. The van der Waals surface area contributed by atoms with Crippen LogP contribution in [0.1, 0.15) is 0 Å². The Balaban J connectivity index is 1.51. The molecule has 8 nitrogen and oxygen atoms in total. The van der Waals surface area contributed by atoms with Gasteiger partial charge >= 0.3 is 0 Å². The molecule has 0 aromatic carbocycles. The maximum absolute atomic E-state index is 5.89. The number of fused-ring (bicyclic) bond motifs is 2. The molecule has 0 atom stereocenters. The maximum atomic E-state index is 5.89. The van der Waals surface area contributed by atoms with Crippen LogP contribution in [0.2, 0.25) is 0 Å². The Kier molecular flexibility index (Phi) is 3.76. The summed E-state index contributed by atoms with van der Waals surface area (Å²) in [6.45, 7) is 0. The third kappa shape index (κ3) is 2.89. The maximum Gasteiger partial charge on any atom is 0.116 e. The van der Waals surface area contributed by atoms with Gasteiger partial charge in [0, 0.05) is 58.4 Å². The van der Waals surface area contributed by atoms with Crippen molar-refractivity contribution in [2.45, 2.75) is 0 Å². The Morgan fingerprint density at radius 3 is 2.55 bits per heavy atom. The summed E-state index contributed by atoms with van der Waals surface area (Å²) in [5.41, 5.74) is 13.6. The Morgan fingerprint density at radius 2 is 1.68 bits per heavy atom. The highest BCUT2D eigenvalue weighted by Crippen LogP contribution is 2.34. The van der Waals surface area contributed by atoms with Gasteiger partial charge in [-0.3, -0.25) is 25.0 Å². The zero-order chi connectivity index (χ0) is 20.8. The zero-order valence-electron chi connectivity index (χ0n) is 16.2. The SMILES string of the molecule is Nc1cncc(-c2cc3c(-c4cc5c(-c6cccnc6)cncc5[nH]4)n[nH]c3cn2)c1. The van der Waals surface area contributed by atoms with E-state index in [1.165, 1.54) is 0 Å². The number of hydrogen-bond donors (Lipinski definition) is 3. The first-order chi connectivity index (χ1) is 15.3. The third-order valence-corrected chi connectivity index (χ3v) is 5.28. The van der Waals surface area contributed by atoms with E-state index in [1.807, 2.05) is 42.9 Å². The van der Waals surface area contributed by atoms with Crippen LogP contribution < -0.4 is 5.73 Å². The molecule has 8 heteroatoms. The van der Waals surface area contributed by atoms with E-state index in [4.69, 9.17) is 5.73 Å². The van der Waals surface area contributed by atoms with Crippen LogP contribution in [0, 0.1) is 0 Å². The standard InChI is InChI=1S/C23H16N8/c24-15-4-14(8-26-9-15)19-6-17-22(12-28-19)30-31-23(17)20-5-16-18(10-27-11-21(16)29-20)13-2-1-3-25-7-13/h1-12,29H,24H2,(H,30,31). The largest absolute Gasteiger partial charge is 0.397 e. The molecular formula is C23H16N8. The lowest BCUT2D eigenvalue weighted by Gasteiger charge is -2.02. The topological polar surface area (TPSA) is 122 Å². The Bertz CT molecular complexity index is 1550. The number of rotatable bonds is 3. The van der Waals surface area contributed by atoms with Crippen molar-refractivity contribution in [3.63, 3.8) is 0 Å². The molecule has 0 spiro atoms. The molecule has 0 fully saturated rings. The van der Waals surface area contributed by atoms with Crippen LogP contribution in [0.4, 0.5) is 5.69 Å². The minimum absolute atomic E-state index is 0.595. The van der Waals surface area contributed by atoms with E-state index in [0.717, 1.165) is 55.6 Å². The number of nitrogens with one attached hydrogen (secondary N) is 2. The minimum Gasteiger partial charge on any atom is -0.397 e. The van der Waals surface area contributed by atoms with Gasteiger partial charge in [-0.15, -0.1) is 0 Å². The highest BCUT2D eigenvalue weighted by atomic mass is 15.1. The van der Waals surface area contributed by atoms with Gasteiger partial charge in [-0.25, -0.2) is 0 Å². The molecule has 0 aliphatic carbocycles. The first kappa shape index (κ1) is 17.3. The van der Waals surface area contributed by atoms with Crippen LogP contribution >= 0.6 is 0 Å². The predicted octanol–water partition coefficient (Wildman–Crippen LogP) is 4.21. The van der Waals surface area contributed by atoms with Gasteiger partial charge in [-0.05, 0) is 24.3 Å². The van der Waals surface area contributed by atoms with Gasteiger partial charge in [-0.2, -0.15) is 5.10 Å². The number of pyridine rings is 4. The minimum atomic E-state index is 0.595. The van der Waals surface area contributed by atoms with Crippen LogP contribution in [0.5, 0.6) is 0 Å². The van der Waals surface area contributed by atoms with Crippen LogP contribution in [0.3, 0.4) is 0 Å². The fourth-order valence-corrected chi connectivity index (χ4v) is 3.81. The molecule has 0 amide bonds. The van der Waals surface area contributed by atoms with Crippen molar-refractivity contribution in [3.05, 3.63) is 73.7 Å². The number of aromatic nitrogens is 7. The number of nitrogens with two attached hydrogens (primary N) is 1. The van der Waals surface area contributed by atoms with E-state index in [2.05, 4.69) is 41.2 Å². The van der Waals surface area contributed by atoms with Gasteiger partial charge in [0.25, 0.3) is 0 Å². The molecule has 6 aromatic heterocycles. The van der Waals surface area contributed by atoms with Gasteiger partial charge in [0.05, 0.1) is 40.5 Å². The van der Waals surface area contributed by atoms with E-state index in [-0.39, 0.29) is 0 Å². The lowest BCUT2D eigenvalue weighted by molar-refractivity contribution is 1.11. The molecule has 4 N–H and O–H groups in total. The summed E-state index contributed by atoms with van der Waals surface area (Å²) in [4.78, 5) is 20.8. The molecule has 0 bridgehead atoms. The lowest BCUT2D eigenvalue weighted by Crippen LogP contribution is -1.89. The molecule has 148 valence electrons. The highest BCUT2D eigenvalue weighted by molar-refractivity contribution is 6.00. The first-order valence-corrected chi connectivity index (χ1v) is 9.69. The summed E-state index contributed by atoms with van der Waals surface area (Å²) in [6.07, 6.45) is 12.4. The molecule has 0 radical (unpaired) electrons. The van der Waals surface area contributed by atoms with Gasteiger partial charge in [-0.1, -0.05) is 6.07 Å². The Morgan fingerprint density at radius 1 is 0.774 bits per heavy atom. The number of H-pyrrole nitrogens is 2. The summed E-state index contributed by atoms with van der Waals surface area (Å²) in [5.74, 6) is 0. The lowest BCUT2D eigenvalue weighted by atomic mass is 10.1. The molecule has 0 aliphatic heterocycles. The second kappa shape index (κ2) is 6.74. The highest BCUT2D eigenvalue weighted by Gasteiger charge is 2.15. The van der Waals surface area contributed by atoms with Crippen molar-refractivity contribution in [2.24, 2.45) is 0 Å². The van der Waals surface area contributed by atoms with Crippen LogP contribution in [-0.4, -0.2) is 35.1 Å². The zero-order valence-corrected chi connectivity index (χ0v) is 16.2. The second-order valence-corrected chi connectivity index (χ2v) is 7.27. The molecule has 6 rings (SSSR count). The van der Waals surface area contributed by atoms with E-state index in [1.54, 1.807) is 24.8 Å². The van der Waals surface area contributed by atoms with E-state index in [9.17, 15) is 0 Å². The molecule has 0 unspecified atom stereocenters. The Hall–Kier alpha value is -4.59. The van der Waals surface area contributed by atoms with Crippen molar-refractivity contribution < 1.29 is 0 Å². The number of nitrogen functional groups attached to an aromatic ring is 1. The summed E-state index contributed by atoms with van der Waals surface area (Å²) >= 11 is 0. The van der Waals surface area contributed by atoms with E-state index >= 15 is 0 Å². The molecule has 0 saturated heterocycles. The fraction of sp³-hybridized carbons (Fsp3) is 0. The Labute approximate surface area is 176 Å². The molecule has 6 heterocycles. The smallest absolute Gasteiger partial charge is 0.116 e. The van der Waals surface area contributed by atoms with Gasteiger partial charge in [0.1, 0.15) is 5.69 Å². The fourth-order valence-electron chi connectivity index (χ4n) is 3.81. The number of anilines is 1. The average Bonchev–Trinajstić information content (AvgIpc) is 3.43. The molecule has 6 aromatic rings. The average molecular weight is 404 g/mol. The molecule has 0 aliphatic rings. The van der Waals surface area contributed by atoms with Crippen LogP contribution in [0.25, 0.3) is 55.6 Å². The molecular weight excluding hydrogens is 388 g/mol. The van der Waals surface area contributed by atoms with Crippen LogP contribution in [0.15, 0.2) is 73.7 Å². The van der Waals surface area contributed by atoms with Crippen molar-refractivity contribution >= 4 is 27.5 Å². The van der Waals surface area contributed by atoms with Crippen molar-refractivity contribution in [1.82, 2.24) is 35.1 Å². The number of hydrogen-bond acceptors (Lipinski definition) is 6. The van der Waals surface area contributed by atoms with E-state index in [0.29, 0.717) is 5.69 Å². The summed E-state index contributed by atoms with van der Waals surface area (Å²) in [6, 6.07) is 9.89. The first-order valence-electron chi connectivity index (χ1n) is 9.69. The van der Waals surface area contributed by atoms with Crippen molar-refractivity contribution in [1.29, 1.82) is 0 Å². The van der Waals surface area contributed by atoms with E-state index < -0.39 is 0 Å². The third-order valence-electron chi connectivity index (χ3n) is 5.28. The normalized spacial score (nSPS) is 11.4. The van der Waals surface area contributed by atoms with Crippen molar-refractivity contribution in [2.75, 3.05) is 5.73 Å². The van der Waals surface area contributed by atoms with Gasteiger partial charge in [0.15, 0.2) is 0 Å². The summed E-state index contributed by atoms with van der Waals surface area (Å²) in [7, 11) is 0. The summed E-state index contributed by atoms with van der Waals surface area (Å²) in [5, 5.41) is 9.63. The molecule has 0 saturated carbocycles. The molecule has 31 heavy (non-hydrogen) atoms. The van der Waals surface area contributed by atoms with Gasteiger partial charge in [0.2, 0.25) is 0 Å². The second-order valence-electron chi connectivity index (χ2n) is 7.27. The van der Waals surface area contributed by atoms with Crippen LogP contribution in [-0.2, 0) is 0 Å². The van der Waals surface area contributed by atoms with Gasteiger partial charge < -0.3 is 10.7 Å². The summed E-state index contributed by atoms with van der Waals surface area (Å²) < 4.78 is 0.